The zero-order valence-electron chi connectivity index (χ0n) is 14.5. The lowest BCUT2D eigenvalue weighted by molar-refractivity contribution is -0.127. The van der Waals surface area contributed by atoms with Crippen LogP contribution in [0.15, 0.2) is 24.3 Å². The van der Waals surface area contributed by atoms with Gasteiger partial charge in [-0.1, -0.05) is 12.1 Å². The third kappa shape index (κ3) is 8.79. The van der Waals surface area contributed by atoms with Gasteiger partial charge in [0.05, 0.1) is 0 Å². The van der Waals surface area contributed by atoms with Crippen LogP contribution in [0.1, 0.15) is 12.5 Å². The predicted octanol–water partition coefficient (Wildman–Crippen LogP) is 0.850. The summed E-state index contributed by atoms with van der Waals surface area (Å²) in [5.41, 5.74) is 1.03. The Bertz CT molecular complexity index is 520. The molecule has 0 aliphatic carbocycles. The van der Waals surface area contributed by atoms with Gasteiger partial charge in [0, 0.05) is 31.5 Å². The highest BCUT2D eigenvalue weighted by atomic mass is 32.2. The average molecular weight is 353 g/mol. The number of rotatable bonds is 10. The van der Waals surface area contributed by atoms with Gasteiger partial charge in [-0.2, -0.15) is 11.8 Å². The van der Waals surface area contributed by atoms with Crippen molar-refractivity contribution in [1.29, 1.82) is 0 Å². The molecule has 7 heteroatoms. The first-order valence-electron chi connectivity index (χ1n) is 7.93. The molecular formula is C17H27N3O3S. The van der Waals surface area contributed by atoms with Crippen LogP contribution >= 0.6 is 11.8 Å². The average Bonchev–Trinajstić information content (AvgIpc) is 2.51. The molecule has 2 amide bonds. The van der Waals surface area contributed by atoms with E-state index in [2.05, 4.69) is 15.5 Å². The number of aromatic hydroxyl groups is 1. The highest BCUT2D eigenvalue weighted by Gasteiger charge is 2.18. The minimum atomic E-state index is -0.519. The van der Waals surface area contributed by atoms with Gasteiger partial charge in [-0.05, 0) is 38.2 Å². The van der Waals surface area contributed by atoms with E-state index in [4.69, 9.17) is 0 Å². The Morgan fingerprint density at radius 3 is 2.50 bits per heavy atom. The quantitative estimate of drug-likeness (QED) is 0.543. The van der Waals surface area contributed by atoms with Crippen molar-refractivity contribution in [3.05, 3.63) is 29.8 Å². The summed E-state index contributed by atoms with van der Waals surface area (Å²) in [6.07, 6.45) is 0.673. The first-order chi connectivity index (χ1) is 11.4. The Morgan fingerprint density at radius 1 is 1.25 bits per heavy atom. The summed E-state index contributed by atoms with van der Waals surface area (Å²) in [6, 6.07) is 6.37. The Morgan fingerprint density at radius 2 is 1.92 bits per heavy atom. The van der Waals surface area contributed by atoms with Crippen LogP contribution in [0.4, 0.5) is 0 Å². The predicted molar refractivity (Wildman–Crippen MR) is 98.3 cm³/mol. The minimum absolute atomic E-state index is 0.165. The Hall–Kier alpha value is -1.73. The summed E-state index contributed by atoms with van der Waals surface area (Å²) in [5.74, 6) is 1.31. The molecule has 0 saturated carbocycles. The molecule has 1 aromatic rings. The molecule has 0 saturated heterocycles. The Labute approximate surface area is 148 Å². The van der Waals surface area contributed by atoms with Crippen molar-refractivity contribution in [2.24, 2.45) is 0 Å². The smallest absolute Gasteiger partial charge is 0.243 e. The second kappa shape index (κ2) is 10.9. The fraction of sp³-hybridized carbons (Fsp3) is 0.529. The molecule has 1 aromatic carbocycles. The highest BCUT2D eigenvalue weighted by Crippen LogP contribution is 2.09. The molecule has 0 bridgehead atoms. The lowest BCUT2D eigenvalue weighted by Gasteiger charge is -2.18. The molecule has 0 aliphatic rings. The van der Waals surface area contributed by atoms with Gasteiger partial charge in [-0.25, -0.2) is 0 Å². The first kappa shape index (κ1) is 20.3. The number of thioether (sulfide) groups is 1. The van der Waals surface area contributed by atoms with Gasteiger partial charge < -0.3 is 20.6 Å². The second-order valence-corrected chi connectivity index (χ2v) is 6.99. The van der Waals surface area contributed by atoms with Crippen LogP contribution in [0.25, 0.3) is 0 Å². The summed E-state index contributed by atoms with van der Waals surface area (Å²) in [4.78, 5) is 25.6. The fourth-order valence-corrected chi connectivity index (χ4v) is 3.12. The molecule has 0 heterocycles. The van der Waals surface area contributed by atoms with Crippen LogP contribution < -0.4 is 10.6 Å². The van der Waals surface area contributed by atoms with Crippen molar-refractivity contribution in [2.75, 3.05) is 38.7 Å². The maximum Gasteiger partial charge on any atom is 0.243 e. The normalized spacial score (nSPS) is 12.0. The van der Waals surface area contributed by atoms with Crippen LogP contribution in [0.3, 0.4) is 0 Å². The topological polar surface area (TPSA) is 81.7 Å². The molecular weight excluding hydrogens is 326 g/mol. The van der Waals surface area contributed by atoms with Crippen LogP contribution in [-0.2, 0) is 16.0 Å². The van der Waals surface area contributed by atoms with Crippen LogP contribution in [-0.4, -0.2) is 66.6 Å². The van der Waals surface area contributed by atoms with Gasteiger partial charge in [-0.3, -0.25) is 9.59 Å². The van der Waals surface area contributed by atoms with Gasteiger partial charge in [0.1, 0.15) is 11.8 Å². The van der Waals surface area contributed by atoms with Crippen LogP contribution in [0, 0.1) is 0 Å². The maximum atomic E-state index is 12.3. The van der Waals surface area contributed by atoms with Gasteiger partial charge in [0.25, 0.3) is 0 Å². The van der Waals surface area contributed by atoms with Crippen LogP contribution in [0.5, 0.6) is 5.75 Å². The Kier molecular flexibility index (Phi) is 9.26. The standard InChI is InChI=1S/C17H27N3O3S/c1-13(21)19-16(12-24-11-10-20(2)3)17(23)18-9-8-14-4-6-15(22)7-5-14/h4-7,16,22H,8-12H2,1-3H3,(H,18,23)(H,19,21). The van der Waals surface area contributed by atoms with E-state index in [9.17, 15) is 14.7 Å². The Balaban J connectivity index is 2.39. The number of phenolic OH excluding ortho intramolecular Hbond substituents is 1. The van der Waals surface area contributed by atoms with E-state index in [0.717, 1.165) is 17.9 Å². The molecule has 24 heavy (non-hydrogen) atoms. The number of nitrogens with one attached hydrogen (secondary N) is 2. The number of hydrogen-bond donors (Lipinski definition) is 3. The van der Waals surface area contributed by atoms with Crippen molar-refractivity contribution in [3.8, 4) is 5.75 Å². The molecule has 6 nitrogen and oxygen atoms in total. The molecule has 0 aromatic heterocycles. The van der Waals surface area contributed by atoms with E-state index in [1.165, 1.54) is 6.92 Å². The summed E-state index contributed by atoms with van der Waals surface area (Å²) < 4.78 is 0. The van der Waals surface area contributed by atoms with E-state index in [0.29, 0.717) is 18.7 Å². The van der Waals surface area contributed by atoms with Crippen molar-refractivity contribution in [1.82, 2.24) is 15.5 Å². The van der Waals surface area contributed by atoms with Gasteiger partial charge in [0.15, 0.2) is 0 Å². The van der Waals surface area contributed by atoms with E-state index < -0.39 is 6.04 Å². The van der Waals surface area contributed by atoms with Crippen molar-refractivity contribution in [3.63, 3.8) is 0 Å². The molecule has 1 atom stereocenters. The minimum Gasteiger partial charge on any atom is -0.508 e. The SMILES string of the molecule is CC(=O)NC(CSCCN(C)C)C(=O)NCCc1ccc(O)cc1. The molecule has 3 N–H and O–H groups in total. The third-order valence-corrected chi connectivity index (χ3v) is 4.35. The number of phenols is 1. The summed E-state index contributed by atoms with van der Waals surface area (Å²) >= 11 is 1.65. The van der Waals surface area contributed by atoms with E-state index in [-0.39, 0.29) is 17.6 Å². The summed E-state index contributed by atoms with van der Waals surface area (Å²) in [5, 5.41) is 14.8. The van der Waals surface area contributed by atoms with Gasteiger partial charge in [0.2, 0.25) is 11.8 Å². The monoisotopic (exact) mass is 353 g/mol. The van der Waals surface area contributed by atoms with Crippen molar-refractivity contribution < 1.29 is 14.7 Å². The zero-order chi connectivity index (χ0) is 17.9. The molecule has 134 valence electrons. The number of benzene rings is 1. The third-order valence-electron chi connectivity index (χ3n) is 3.31. The lowest BCUT2D eigenvalue weighted by Crippen LogP contribution is -2.48. The zero-order valence-corrected chi connectivity index (χ0v) is 15.4. The maximum absolute atomic E-state index is 12.3. The van der Waals surface area contributed by atoms with Crippen molar-refractivity contribution in [2.45, 2.75) is 19.4 Å². The lowest BCUT2D eigenvalue weighted by atomic mass is 10.1. The van der Waals surface area contributed by atoms with Gasteiger partial charge in [-0.15, -0.1) is 0 Å². The number of carbonyl (C=O) groups is 2. The first-order valence-corrected chi connectivity index (χ1v) is 9.09. The number of amides is 2. The largest absolute Gasteiger partial charge is 0.508 e. The highest BCUT2D eigenvalue weighted by molar-refractivity contribution is 7.99. The summed E-state index contributed by atoms with van der Waals surface area (Å²) in [6.45, 7) is 2.84. The number of nitrogens with zero attached hydrogens (tertiary/aromatic N) is 1. The molecule has 1 unspecified atom stereocenters. The molecule has 0 aliphatic heterocycles. The molecule has 0 fully saturated rings. The number of carbonyl (C=O) groups excluding carboxylic acids is 2. The summed E-state index contributed by atoms with van der Waals surface area (Å²) in [7, 11) is 4.00. The van der Waals surface area contributed by atoms with Crippen LogP contribution in [0.2, 0.25) is 0 Å². The van der Waals surface area contributed by atoms with E-state index in [1.807, 2.05) is 26.2 Å². The molecule has 1 rings (SSSR count). The van der Waals surface area contributed by atoms with E-state index in [1.54, 1.807) is 23.9 Å². The molecule has 0 radical (unpaired) electrons. The molecule has 0 spiro atoms. The van der Waals surface area contributed by atoms with E-state index >= 15 is 0 Å². The second-order valence-electron chi connectivity index (χ2n) is 5.84. The van der Waals surface area contributed by atoms with Crippen molar-refractivity contribution >= 4 is 23.6 Å². The fourth-order valence-electron chi connectivity index (χ4n) is 1.99. The number of hydrogen-bond acceptors (Lipinski definition) is 5. The van der Waals surface area contributed by atoms with Gasteiger partial charge >= 0.3 is 0 Å².